The standard InChI is InChI=1S/C28H33N5O4/c1-28(2,3)32(27(34)35)24-13-15-31(16-14-24)19-20-9-11-23(12-10-20)30-26-25(33(36)37)17-22(18-29-26)21-7-5-4-6-8-21/h4-12,17-18,24H,13-16,19H2,1-3H3,(H,29,30)(H,34,35). The van der Waals surface area contributed by atoms with Gasteiger partial charge in [-0.3, -0.25) is 15.0 Å². The Bertz CT molecular complexity index is 1230. The van der Waals surface area contributed by atoms with Crippen LogP contribution in [0.2, 0.25) is 0 Å². The van der Waals surface area contributed by atoms with Gasteiger partial charge in [-0.2, -0.15) is 0 Å². The number of hydrogen-bond donors (Lipinski definition) is 2. The zero-order valence-corrected chi connectivity index (χ0v) is 21.4. The van der Waals surface area contributed by atoms with Crippen LogP contribution in [-0.2, 0) is 6.54 Å². The molecule has 0 radical (unpaired) electrons. The Labute approximate surface area is 216 Å². The maximum Gasteiger partial charge on any atom is 0.407 e. The Morgan fingerprint density at radius 1 is 1.11 bits per heavy atom. The van der Waals surface area contributed by atoms with E-state index in [1.54, 1.807) is 11.1 Å². The number of piperidine rings is 1. The minimum atomic E-state index is -0.863. The fourth-order valence-corrected chi connectivity index (χ4v) is 4.89. The first kappa shape index (κ1) is 26.1. The molecule has 1 fully saturated rings. The quantitative estimate of drug-likeness (QED) is 0.294. The highest BCUT2D eigenvalue weighted by atomic mass is 16.6. The van der Waals surface area contributed by atoms with Crippen molar-refractivity contribution in [2.45, 2.75) is 51.7 Å². The van der Waals surface area contributed by atoms with Gasteiger partial charge in [0.05, 0.1) is 4.92 Å². The maximum atomic E-state index is 11.8. The number of pyridine rings is 1. The van der Waals surface area contributed by atoms with Crippen LogP contribution in [0.15, 0.2) is 66.9 Å². The van der Waals surface area contributed by atoms with Crippen molar-refractivity contribution < 1.29 is 14.8 Å². The number of carboxylic acid groups (broad SMARTS) is 1. The van der Waals surface area contributed by atoms with E-state index in [0.29, 0.717) is 11.3 Å². The van der Waals surface area contributed by atoms with Crippen LogP contribution in [0.25, 0.3) is 11.1 Å². The number of nitrogens with zero attached hydrogens (tertiary/aromatic N) is 4. The number of rotatable bonds is 7. The molecule has 1 saturated heterocycles. The first-order valence-electron chi connectivity index (χ1n) is 12.4. The summed E-state index contributed by atoms with van der Waals surface area (Å²) in [4.78, 5) is 31.3. The molecule has 0 unspecified atom stereocenters. The summed E-state index contributed by atoms with van der Waals surface area (Å²) in [6, 6.07) is 18.8. The number of anilines is 2. The molecule has 2 heterocycles. The van der Waals surface area contributed by atoms with Crippen molar-refractivity contribution in [1.29, 1.82) is 0 Å². The number of carbonyl (C=O) groups is 1. The lowest BCUT2D eigenvalue weighted by molar-refractivity contribution is -0.384. The number of aromatic nitrogens is 1. The number of hydrogen-bond acceptors (Lipinski definition) is 6. The van der Waals surface area contributed by atoms with Gasteiger partial charge in [-0.25, -0.2) is 9.78 Å². The Morgan fingerprint density at radius 2 is 1.76 bits per heavy atom. The second kappa shape index (κ2) is 11.0. The molecule has 1 aliphatic heterocycles. The third-order valence-electron chi connectivity index (χ3n) is 6.65. The molecule has 0 atom stereocenters. The summed E-state index contributed by atoms with van der Waals surface area (Å²) in [7, 11) is 0. The summed E-state index contributed by atoms with van der Waals surface area (Å²) in [5.41, 5.74) is 2.88. The highest BCUT2D eigenvalue weighted by Crippen LogP contribution is 2.31. The van der Waals surface area contributed by atoms with E-state index in [9.17, 15) is 20.0 Å². The van der Waals surface area contributed by atoms with Crippen molar-refractivity contribution in [3.05, 3.63) is 82.5 Å². The number of likely N-dealkylation sites (tertiary alicyclic amines) is 1. The molecule has 0 saturated carbocycles. The summed E-state index contributed by atoms with van der Waals surface area (Å²) in [6.45, 7) is 8.23. The van der Waals surface area contributed by atoms with Crippen LogP contribution in [0.1, 0.15) is 39.2 Å². The van der Waals surface area contributed by atoms with Gasteiger partial charge in [0.1, 0.15) is 0 Å². The number of amides is 1. The summed E-state index contributed by atoms with van der Waals surface area (Å²) in [6.07, 6.45) is 2.38. The molecule has 0 bridgehead atoms. The first-order chi connectivity index (χ1) is 17.6. The zero-order valence-electron chi connectivity index (χ0n) is 21.4. The SMILES string of the molecule is CC(C)(C)N(C(=O)O)C1CCN(Cc2ccc(Nc3ncc(-c4ccccc4)cc3[N+](=O)[O-])cc2)CC1. The first-order valence-corrected chi connectivity index (χ1v) is 12.4. The molecular formula is C28H33N5O4. The Balaban J connectivity index is 1.38. The van der Waals surface area contributed by atoms with Gasteiger partial charge in [0, 0.05) is 54.7 Å². The van der Waals surface area contributed by atoms with Gasteiger partial charge >= 0.3 is 11.8 Å². The van der Waals surface area contributed by atoms with Crippen LogP contribution in [0, 0.1) is 10.1 Å². The van der Waals surface area contributed by atoms with Gasteiger partial charge in [0.15, 0.2) is 0 Å². The van der Waals surface area contributed by atoms with Crippen LogP contribution in [0.3, 0.4) is 0 Å². The lowest BCUT2D eigenvalue weighted by atomic mass is 9.96. The van der Waals surface area contributed by atoms with Gasteiger partial charge in [0.25, 0.3) is 0 Å². The van der Waals surface area contributed by atoms with Gasteiger partial charge in [-0.05, 0) is 56.9 Å². The molecule has 1 amide bonds. The van der Waals surface area contributed by atoms with Crippen molar-refractivity contribution in [1.82, 2.24) is 14.8 Å². The van der Waals surface area contributed by atoms with E-state index in [2.05, 4.69) is 15.2 Å². The monoisotopic (exact) mass is 503 g/mol. The largest absolute Gasteiger partial charge is 0.465 e. The molecule has 1 aliphatic rings. The molecule has 9 heteroatoms. The predicted molar refractivity (Wildman–Crippen MR) is 144 cm³/mol. The van der Waals surface area contributed by atoms with E-state index in [4.69, 9.17) is 0 Å². The Morgan fingerprint density at radius 3 is 2.32 bits per heavy atom. The molecule has 1 aromatic heterocycles. The van der Waals surface area contributed by atoms with E-state index < -0.39 is 16.6 Å². The topological polar surface area (TPSA) is 112 Å². The Hall–Kier alpha value is -3.98. The van der Waals surface area contributed by atoms with Crippen LogP contribution < -0.4 is 5.32 Å². The van der Waals surface area contributed by atoms with Crippen molar-refractivity contribution in [2.24, 2.45) is 0 Å². The fraction of sp³-hybridized carbons (Fsp3) is 0.357. The van der Waals surface area contributed by atoms with Gasteiger partial charge in [0.2, 0.25) is 5.82 Å². The van der Waals surface area contributed by atoms with E-state index in [1.165, 1.54) is 6.07 Å². The third-order valence-corrected chi connectivity index (χ3v) is 6.65. The van der Waals surface area contributed by atoms with Crippen LogP contribution in [0.5, 0.6) is 0 Å². The van der Waals surface area contributed by atoms with Crippen LogP contribution in [0.4, 0.5) is 22.0 Å². The molecule has 4 rings (SSSR count). The van der Waals surface area contributed by atoms with E-state index >= 15 is 0 Å². The smallest absolute Gasteiger partial charge is 0.407 e. The Kier molecular flexibility index (Phi) is 7.73. The van der Waals surface area contributed by atoms with Gasteiger partial charge in [-0.15, -0.1) is 0 Å². The van der Waals surface area contributed by atoms with E-state index in [0.717, 1.165) is 43.6 Å². The number of nitrogens with one attached hydrogen (secondary N) is 1. The molecule has 2 N–H and O–H groups in total. The minimum Gasteiger partial charge on any atom is -0.465 e. The summed E-state index contributed by atoms with van der Waals surface area (Å²) >= 11 is 0. The summed E-state index contributed by atoms with van der Waals surface area (Å²) in [5, 5.41) is 24.5. The fourth-order valence-electron chi connectivity index (χ4n) is 4.89. The highest BCUT2D eigenvalue weighted by Gasteiger charge is 2.35. The number of nitro groups is 1. The highest BCUT2D eigenvalue weighted by molar-refractivity contribution is 5.73. The summed E-state index contributed by atoms with van der Waals surface area (Å²) in [5.74, 6) is 0.196. The van der Waals surface area contributed by atoms with Crippen molar-refractivity contribution in [2.75, 3.05) is 18.4 Å². The lowest BCUT2D eigenvalue weighted by Gasteiger charge is -2.43. The summed E-state index contributed by atoms with van der Waals surface area (Å²) < 4.78 is 0. The molecule has 194 valence electrons. The van der Waals surface area contributed by atoms with E-state index in [-0.39, 0.29) is 17.5 Å². The molecular weight excluding hydrogens is 470 g/mol. The molecule has 9 nitrogen and oxygen atoms in total. The minimum absolute atomic E-state index is 0.0249. The second-order valence-electron chi connectivity index (χ2n) is 10.4. The van der Waals surface area contributed by atoms with Crippen LogP contribution >= 0.6 is 0 Å². The van der Waals surface area contributed by atoms with E-state index in [1.807, 2.05) is 75.4 Å². The van der Waals surface area contributed by atoms with Crippen molar-refractivity contribution in [3.8, 4) is 11.1 Å². The van der Waals surface area contributed by atoms with Crippen LogP contribution in [-0.4, -0.2) is 55.6 Å². The average Bonchev–Trinajstić information content (AvgIpc) is 2.86. The zero-order chi connectivity index (χ0) is 26.6. The molecule has 2 aromatic carbocycles. The molecule has 0 aliphatic carbocycles. The van der Waals surface area contributed by atoms with Crippen molar-refractivity contribution >= 4 is 23.3 Å². The molecule has 0 spiro atoms. The second-order valence-corrected chi connectivity index (χ2v) is 10.4. The molecule has 37 heavy (non-hydrogen) atoms. The van der Waals surface area contributed by atoms with Gasteiger partial charge in [-0.1, -0.05) is 42.5 Å². The molecule has 3 aromatic rings. The normalized spacial score (nSPS) is 14.8. The predicted octanol–water partition coefficient (Wildman–Crippen LogP) is 6.14. The van der Waals surface area contributed by atoms with Crippen molar-refractivity contribution in [3.63, 3.8) is 0 Å². The lowest BCUT2D eigenvalue weighted by Crippen LogP contribution is -2.54. The van der Waals surface area contributed by atoms with Gasteiger partial charge < -0.3 is 15.3 Å². The average molecular weight is 504 g/mol. The number of benzene rings is 2. The maximum absolute atomic E-state index is 11.8. The third kappa shape index (κ3) is 6.42.